The van der Waals surface area contributed by atoms with Gasteiger partial charge in [-0.1, -0.05) is 0 Å². The molecule has 1 rings (SSSR count). The van der Waals surface area contributed by atoms with E-state index in [2.05, 4.69) is 15.6 Å². The van der Waals surface area contributed by atoms with Gasteiger partial charge in [0.2, 0.25) is 0 Å². The number of thiazole rings is 1. The highest BCUT2D eigenvalue weighted by molar-refractivity contribution is 7.13. The summed E-state index contributed by atoms with van der Waals surface area (Å²) in [6.07, 6.45) is 0. The van der Waals surface area contributed by atoms with Gasteiger partial charge in [-0.25, -0.2) is 9.78 Å². The van der Waals surface area contributed by atoms with Gasteiger partial charge in [0.05, 0.1) is 12.2 Å². The van der Waals surface area contributed by atoms with Crippen molar-refractivity contribution in [1.82, 2.24) is 15.6 Å². The topological polar surface area (TPSA) is 80.0 Å². The number of anilines is 1. The molecule has 84 valence electrons. The molecule has 0 aliphatic heterocycles. The average Bonchev–Trinajstić information content (AvgIpc) is 2.45. The van der Waals surface area contributed by atoms with Gasteiger partial charge in [0.15, 0.2) is 5.13 Å². The van der Waals surface area contributed by atoms with Crippen LogP contribution in [-0.2, 0) is 6.54 Å². The number of nitrogens with one attached hydrogen (secondary N) is 2. The third-order valence-corrected chi connectivity index (χ3v) is 2.21. The molecule has 0 unspecified atom stereocenters. The smallest absolute Gasteiger partial charge is 0.315 e. The maximum atomic E-state index is 11.4. The molecule has 0 atom stereocenters. The van der Waals surface area contributed by atoms with Crippen LogP contribution in [0.3, 0.4) is 0 Å². The molecule has 2 amide bonds. The maximum absolute atomic E-state index is 11.4. The quantitative estimate of drug-likeness (QED) is 0.714. The Balaban J connectivity index is 2.35. The Kier molecular flexibility index (Phi) is 3.52. The van der Waals surface area contributed by atoms with Crippen molar-refractivity contribution in [2.45, 2.75) is 32.9 Å². The minimum Gasteiger partial charge on any atom is -0.375 e. The van der Waals surface area contributed by atoms with Crippen molar-refractivity contribution in [2.24, 2.45) is 0 Å². The fourth-order valence-corrected chi connectivity index (χ4v) is 1.52. The number of carbonyl (C=O) groups is 1. The van der Waals surface area contributed by atoms with Crippen molar-refractivity contribution in [2.75, 3.05) is 5.73 Å². The van der Waals surface area contributed by atoms with Gasteiger partial charge in [-0.05, 0) is 20.8 Å². The molecule has 0 saturated heterocycles. The summed E-state index contributed by atoms with van der Waals surface area (Å²) in [4.78, 5) is 15.4. The van der Waals surface area contributed by atoms with Crippen LogP contribution in [0.1, 0.15) is 26.5 Å². The van der Waals surface area contributed by atoms with Crippen LogP contribution in [0.2, 0.25) is 0 Å². The second-order valence-corrected chi connectivity index (χ2v) is 5.12. The first-order valence-corrected chi connectivity index (χ1v) is 5.51. The second kappa shape index (κ2) is 4.48. The molecule has 5 nitrogen and oxygen atoms in total. The van der Waals surface area contributed by atoms with Gasteiger partial charge in [0.25, 0.3) is 0 Å². The summed E-state index contributed by atoms with van der Waals surface area (Å²) in [5.41, 5.74) is 6.01. The fraction of sp³-hybridized carbons (Fsp3) is 0.556. The normalized spacial score (nSPS) is 11.1. The van der Waals surface area contributed by atoms with Crippen molar-refractivity contribution in [1.29, 1.82) is 0 Å². The summed E-state index contributed by atoms with van der Waals surface area (Å²) < 4.78 is 0. The standard InChI is InChI=1S/C9H16N4OS/c1-9(2,3)13-8(14)11-4-6-5-15-7(10)12-6/h5H,4H2,1-3H3,(H2,10,12)(H2,11,13,14). The molecule has 1 aromatic rings. The molecule has 6 heteroatoms. The number of amides is 2. The first kappa shape index (κ1) is 11.8. The highest BCUT2D eigenvalue weighted by Gasteiger charge is 2.13. The Bertz CT molecular complexity index is 342. The Morgan fingerprint density at radius 1 is 1.60 bits per heavy atom. The molecule has 0 saturated carbocycles. The lowest BCUT2D eigenvalue weighted by Gasteiger charge is -2.20. The van der Waals surface area contributed by atoms with Crippen LogP contribution < -0.4 is 16.4 Å². The van der Waals surface area contributed by atoms with E-state index in [0.29, 0.717) is 11.7 Å². The molecule has 0 aliphatic carbocycles. The van der Waals surface area contributed by atoms with Crippen molar-refractivity contribution < 1.29 is 4.79 Å². The van der Waals surface area contributed by atoms with E-state index in [-0.39, 0.29) is 11.6 Å². The van der Waals surface area contributed by atoms with Gasteiger partial charge in [-0.2, -0.15) is 0 Å². The summed E-state index contributed by atoms with van der Waals surface area (Å²) >= 11 is 1.36. The molecule has 1 aromatic heterocycles. The molecule has 0 spiro atoms. The van der Waals surface area contributed by atoms with Crippen LogP contribution in [0.25, 0.3) is 0 Å². The van der Waals surface area contributed by atoms with Gasteiger partial charge in [-0.15, -0.1) is 11.3 Å². The monoisotopic (exact) mass is 228 g/mol. The van der Waals surface area contributed by atoms with Crippen molar-refractivity contribution in [3.63, 3.8) is 0 Å². The number of aromatic nitrogens is 1. The minimum atomic E-state index is -0.231. The lowest BCUT2D eigenvalue weighted by Crippen LogP contribution is -2.46. The predicted molar refractivity (Wildman–Crippen MR) is 61.7 cm³/mol. The number of nitrogens with zero attached hydrogens (tertiary/aromatic N) is 1. The number of urea groups is 1. The first-order chi connectivity index (χ1) is 6.87. The number of nitrogens with two attached hydrogens (primary N) is 1. The van der Waals surface area contributed by atoms with E-state index in [1.165, 1.54) is 11.3 Å². The number of hydrogen-bond acceptors (Lipinski definition) is 4. The third kappa shape index (κ3) is 4.64. The van der Waals surface area contributed by atoms with E-state index in [1.54, 1.807) is 0 Å². The van der Waals surface area contributed by atoms with Crippen LogP contribution in [0, 0.1) is 0 Å². The van der Waals surface area contributed by atoms with Crippen molar-refractivity contribution in [3.05, 3.63) is 11.1 Å². The largest absolute Gasteiger partial charge is 0.375 e. The Morgan fingerprint density at radius 3 is 2.73 bits per heavy atom. The Hall–Kier alpha value is -1.30. The highest BCUT2D eigenvalue weighted by atomic mass is 32.1. The zero-order valence-electron chi connectivity index (χ0n) is 9.13. The molecular formula is C9H16N4OS. The summed E-state index contributed by atoms with van der Waals surface area (Å²) in [6, 6.07) is -0.200. The lowest BCUT2D eigenvalue weighted by molar-refractivity contribution is 0.231. The van der Waals surface area contributed by atoms with Gasteiger partial charge < -0.3 is 16.4 Å². The van der Waals surface area contributed by atoms with Crippen LogP contribution in [0.5, 0.6) is 0 Å². The number of nitrogen functional groups attached to an aromatic ring is 1. The molecule has 0 aliphatic rings. The molecule has 0 aromatic carbocycles. The van der Waals surface area contributed by atoms with Crippen molar-refractivity contribution >= 4 is 22.5 Å². The molecule has 15 heavy (non-hydrogen) atoms. The summed E-state index contributed by atoms with van der Waals surface area (Å²) in [5.74, 6) is 0. The van der Waals surface area contributed by atoms with E-state index < -0.39 is 0 Å². The van der Waals surface area contributed by atoms with E-state index in [9.17, 15) is 4.79 Å². The molecule has 1 heterocycles. The Morgan fingerprint density at radius 2 is 2.27 bits per heavy atom. The van der Waals surface area contributed by atoms with Crippen LogP contribution >= 0.6 is 11.3 Å². The number of rotatable bonds is 2. The minimum absolute atomic E-state index is 0.200. The predicted octanol–water partition coefficient (Wildman–Crippen LogP) is 1.32. The summed E-state index contributed by atoms with van der Waals surface area (Å²) in [5, 5.41) is 7.84. The fourth-order valence-electron chi connectivity index (χ4n) is 0.959. The highest BCUT2D eigenvalue weighted by Crippen LogP contribution is 2.10. The van der Waals surface area contributed by atoms with Gasteiger partial charge in [-0.3, -0.25) is 0 Å². The van der Waals surface area contributed by atoms with E-state index in [0.717, 1.165) is 5.69 Å². The molecule has 0 radical (unpaired) electrons. The number of carbonyl (C=O) groups excluding carboxylic acids is 1. The third-order valence-electron chi connectivity index (χ3n) is 1.49. The van der Waals surface area contributed by atoms with E-state index in [4.69, 9.17) is 5.73 Å². The van der Waals surface area contributed by atoms with Crippen LogP contribution in [0.15, 0.2) is 5.38 Å². The summed E-state index contributed by atoms with van der Waals surface area (Å²) in [6.45, 7) is 6.17. The van der Waals surface area contributed by atoms with Gasteiger partial charge in [0, 0.05) is 10.9 Å². The summed E-state index contributed by atoms with van der Waals surface area (Å²) in [7, 11) is 0. The second-order valence-electron chi connectivity index (χ2n) is 4.23. The Labute approximate surface area is 93.1 Å². The van der Waals surface area contributed by atoms with Crippen LogP contribution in [-0.4, -0.2) is 16.6 Å². The lowest BCUT2D eigenvalue weighted by atomic mass is 10.1. The van der Waals surface area contributed by atoms with Crippen molar-refractivity contribution in [3.8, 4) is 0 Å². The molecule has 0 fully saturated rings. The molecular weight excluding hydrogens is 212 g/mol. The van der Waals surface area contributed by atoms with Gasteiger partial charge in [0.1, 0.15) is 0 Å². The van der Waals surface area contributed by atoms with E-state index in [1.807, 2.05) is 26.2 Å². The molecule has 4 N–H and O–H groups in total. The zero-order chi connectivity index (χ0) is 11.5. The average molecular weight is 228 g/mol. The van der Waals surface area contributed by atoms with E-state index >= 15 is 0 Å². The first-order valence-electron chi connectivity index (χ1n) is 4.63. The SMILES string of the molecule is CC(C)(C)NC(=O)NCc1csc(N)n1. The maximum Gasteiger partial charge on any atom is 0.315 e. The van der Waals surface area contributed by atoms with Gasteiger partial charge >= 0.3 is 6.03 Å². The molecule has 0 bridgehead atoms. The van der Waals surface area contributed by atoms with Crippen LogP contribution in [0.4, 0.5) is 9.93 Å². The zero-order valence-corrected chi connectivity index (χ0v) is 9.94. The number of hydrogen-bond donors (Lipinski definition) is 3.